The molecule has 0 saturated heterocycles. The summed E-state index contributed by atoms with van der Waals surface area (Å²) in [7, 11) is 0. The molecular formula is C12H11N3O3. The second kappa shape index (κ2) is 5.13. The highest BCUT2D eigenvalue weighted by molar-refractivity contribution is 5.93. The number of carbonyl (C=O) groups is 2. The molecule has 0 unspecified atom stereocenters. The molecule has 2 amide bonds. The van der Waals surface area contributed by atoms with Gasteiger partial charge >= 0.3 is 0 Å². The molecule has 0 atom stereocenters. The van der Waals surface area contributed by atoms with E-state index in [-0.39, 0.29) is 6.54 Å². The first-order chi connectivity index (χ1) is 8.65. The third kappa shape index (κ3) is 2.94. The zero-order valence-electron chi connectivity index (χ0n) is 9.42. The van der Waals surface area contributed by atoms with Gasteiger partial charge in [0.25, 0.3) is 0 Å². The van der Waals surface area contributed by atoms with Gasteiger partial charge in [-0.3, -0.25) is 9.59 Å². The van der Waals surface area contributed by atoms with Crippen LogP contribution in [0, 0.1) is 0 Å². The second-order valence-corrected chi connectivity index (χ2v) is 3.54. The van der Waals surface area contributed by atoms with Gasteiger partial charge < -0.3 is 15.5 Å². The van der Waals surface area contributed by atoms with E-state index in [9.17, 15) is 9.59 Å². The minimum atomic E-state index is -0.599. The number of primary amides is 1. The normalized spacial score (nSPS) is 10.9. The van der Waals surface area contributed by atoms with Crippen LogP contribution in [0.4, 0.5) is 0 Å². The number of amides is 2. The number of benzene rings is 1. The van der Waals surface area contributed by atoms with Gasteiger partial charge in [0.05, 0.1) is 6.54 Å². The monoisotopic (exact) mass is 245 g/mol. The summed E-state index contributed by atoms with van der Waals surface area (Å²) < 4.78 is 5.37. The number of nitrogens with two attached hydrogens (primary N) is 1. The largest absolute Gasteiger partial charge is 0.437 e. The molecule has 1 heterocycles. The maximum Gasteiger partial charge on any atom is 0.244 e. The lowest BCUT2D eigenvalue weighted by molar-refractivity contribution is -0.122. The average molecular weight is 245 g/mol. The van der Waals surface area contributed by atoms with Crippen LogP contribution < -0.4 is 11.1 Å². The molecule has 6 heteroatoms. The number of para-hydroxylation sites is 2. The Labute approximate surface area is 102 Å². The molecule has 0 aliphatic heterocycles. The van der Waals surface area contributed by atoms with Crippen LogP contribution >= 0.6 is 0 Å². The van der Waals surface area contributed by atoms with E-state index in [2.05, 4.69) is 10.3 Å². The molecule has 2 rings (SSSR count). The van der Waals surface area contributed by atoms with E-state index in [0.717, 1.165) is 5.52 Å². The van der Waals surface area contributed by atoms with Crippen molar-refractivity contribution in [2.75, 3.05) is 6.54 Å². The van der Waals surface area contributed by atoms with Crippen LogP contribution in [0.2, 0.25) is 0 Å². The van der Waals surface area contributed by atoms with E-state index >= 15 is 0 Å². The number of oxazole rings is 1. The topological polar surface area (TPSA) is 98.2 Å². The van der Waals surface area contributed by atoms with E-state index < -0.39 is 11.8 Å². The quantitative estimate of drug-likeness (QED) is 0.763. The molecule has 0 aliphatic carbocycles. The van der Waals surface area contributed by atoms with Crippen molar-refractivity contribution < 1.29 is 14.0 Å². The fourth-order valence-corrected chi connectivity index (χ4v) is 1.34. The Bertz CT molecular complexity index is 583. The maximum atomic E-state index is 11.3. The highest BCUT2D eigenvalue weighted by atomic mass is 16.3. The number of hydrogen-bond acceptors (Lipinski definition) is 4. The van der Waals surface area contributed by atoms with Gasteiger partial charge in [-0.1, -0.05) is 12.1 Å². The summed E-state index contributed by atoms with van der Waals surface area (Å²) in [5, 5.41) is 2.32. The van der Waals surface area contributed by atoms with Crippen molar-refractivity contribution in [1.29, 1.82) is 0 Å². The van der Waals surface area contributed by atoms with Crippen LogP contribution in [0.3, 0.4) is 0 Å². The predicted molar refractivity (Wildman–Crippen MR) is 65.2 cm³/mol. The van der Waals surface area contributed by atoms with Crippen LogP contribution in [0.5, 0.6) is 0 Å². The zero-order chi connectivity index (χ0) is 13.0. The molecule has 6 nitrogen and oxygen atoms in total. The Morgan fingerprint density at radius 3 is 2.89 bits per heavy atom. The molecule has 0 fully saturated rings. The molecule has 0 aliphatic rings. The zero-order valence-corrected chi connectivity index (χ0v) is 9.42. The molecule has 18 heavy (non-hydrogen) atoms. The number of aromatic nitrogens is 1. The van der Waals surface area contributed by atoms with E-state index in [1.54, 1.807) is 6.07 Å². The van der Waals surface area contributed by atoms with E-state index in [1.165, 1.54) is 12.2 Å². The standard InChI is InChI=1S/C12H11N3O3/c13-10(16)7-14-11(17)5-6-12-15-8-3-1-2-4-9(8)18-12/h1-6H,7H2,(H2,13,16)(H,14,17)/b6-5+. The number of rotatable bonds is 4. The number of nitrogens with zero attached hydrogens (tertiary/aromatic N) is 1. The Hall–Kier alpha value is -2.63. The molecule has 0 saturated carbocycles. The second-order valence-electron chi connectivity index (χ2n) is 3.54. The number of nitrogens with one attached hydrogen (secondary N) is 1. The Morgan fingerprint density at radius 1 is 1.39 bits per heavy atom. The molecule has 0 bridgehead atoms. The molecule has 3 N–H and O–H groups in total. The van der Waals surface area contributed by atoms with Gasteiger partial charge in [0.15, 0.2) is 5.58 Å². The highest BCUT2D eigenvalue weighted by Crippen LogP contribution is 2.15. The van der Waals surface area contributed by atoms with Crippen LogP contribution in [0.15, 0.2) is 34.8 Å². The Kier molecular flexibility index (Phi) is 3.38. The van der Waals surface area contributed by atoms with Gasteiger partial charge in [-0.05, 0) is 12.1 Å². The van der Waals surface area contributed by atoms with E-state index in [1.807, 2.05) is 18.2 Å². The summed E-state index contributed by atoms with van der Waals surface area (Å²) in [6.07, 6.45) is 2.66. The average Bonchev–Trinajstić information content (AvgIpc) is 2.76. The van der Waals surface area contributed by atoms with Gasteiger partial charge in [0.2, 0.25) is 17.7 Å². The fraction of sp³-hybridized carbons (Fsp3) is 0.0833. The fourth-order valence-electron chi connectivity index (χ4n) is 1.34. The van der Waals surface area contributed by atoms with Crippen molar-refractivity contribution >= 4 is 29.0 Å². The SMILES string of the molecule is NC(=O)CNC(=O)/C=C/c1nc2ccccc2o1. The summed E-state index contributed by atoms with van der Waals surface area (Å²) in [6, 6.07) is 7.27. The molecule has 0 radical (unpaired) electrons. The van der Waals surface area contributed by atoms with Crippen molar-refractivity contribution in [3.8, 4) is 0 Å². The predicted octanol–water partition coefficient (Wildman–Crippen LogP) is 0.442. The first-order valence-corrected chi connectivity index (χ1v) is 5.25. The summed E-state index contributed by atoms with van der Waals surface area (Å²) in [5.41, 5.74) is 6.26. The highest BCUT2D eigenvalue weighted by Gasteiger charge is 2.02. The van der Waals surface area contributed by atoms with Gasteiger partial charge in [0, 0.05) is 12.2 Å². The van der Waals surface area contributed by atoms with E-state index in [0.29, 0.717) is 11.5 Å². The van der Waals surface area contributed by atoms with E-state index in [4.69, 9.17) is 10.2 Å². The van der Waals surface area contributed by atoms with Crippen LogP contribution in [0.1, 0.15) is 5.89 Å². The third-order valence-electron chi connectivity index (χ3n) is 2.12. The van der Waals surface area contributed by atoms with Gasteiger partial charge in [-0.2, -0.15) is 0 Å². The smallest absolute Gasteiger partial charge is 0.244 e. The van der Waals surface area contributed by atoms with Crippen LogP contribution in [0.25, 0.3) is 17.2 Å². The summed E-state index contributed by atoms with van der Waals surface area (Å²) >= 11 is 0. The lowest BCUT2D eigenvalue weighted by atomic mass is 10.3. The molecule has 2 aromatic rings. The van der Waals surface area contributed by atoms with Crippen molar-refractivity contribution in [2.45, 2.75) is 0 Å². The van der Waals surface area contributed by atoms with Crippen LogP contribution in [-0.2, 0) is 9.59 Å². The molecule has 1 aromatic carbocycles. The number of carbonyl (C=O) groups excluding carboxylic acids is 2. The summed E-state index contributed by atoms with van der Waals surface area (Å²) in [5.74, 6) is -0.708. The Balaban J connectivity index is 2.04. The molecular weight excluding hydrogens is 234 g/mol. The number of fused-ring (bicyclic) bond motifs is 1. The molecule has 1 aromatic heterocycles. The minimum Gasteiger partial charge on any atom is -0.437 e. The molecule has 0 spiro atoms. The van der Waals surface area contributed by atoms with Gasteiger partial charge in [0.1, 0.15) is 5.52 Å². The van der Waals surface area contributed by atoms with Crippen molar-refractivity contribution in [1.82, 2.24) is 10.3 Å². The lowest BCUT2D eigenvalue weighted by Gasteiger charge is -1.95. The third-order valence-corrected chi connectivity index (χ3v) is 2.12. The van der Waals surface area contributed by atoms with Crippen molar-refractivity contribution in [3.05, 3.63) is 36.2 Å². The van der Waals surface area contributed by atoms with Gasteiger partial charge in [-0.25, -0.2) is 4.98 Å². The number of hydrogen-bond donors (Lipinski definition) is 2. The first-order valence-electron chi connectivity index (χ1n) is 5.25. The van der Waals surface area contributed by atoms with Crippen LogP contribution in [-0.4, -0.2) is 23.3 Å². The van der Waals surface area contributed by atoms with Gasteiger partial charge in [-0.15, -0.1) is 0 Å². The minimum absolute atomic E-state index is 0.198. The maximum absolute atomic E-state index is 11.3. The first kappa shape index (κ1) is 11.8. The summed E-state index contributed by atoms with van der Waals surface area (Å²) in [4.78, 5) is 25.9. The van der Waals surface area contributed by atoms with Crippen molar-refractivity contribution in [2.24, 2.45) is 5.73 Å². The van der Waals surface area contributed by atoms with Crippen molar-refractivity contribution in [3.63, 3.8) is 0 Å². The summed E-state index contributed by atoms with van der Waals surface area (Å²) in [6.45, 7) is -0.198. The molecule has 92 valence electrons. The lowest BCUT2D eigenvalue weighted by Crippen LogP contribution is -2.32. The Morgan fingerprint density at radius 2 is 2.17 bits per heavy atom.